The van der Waals surface area contributed by atoms with Gasteiger partial charge < -0.3 is 9.80 Å². The van der Waals surface area contributed by atoms with E-state index in [4.69, 9.17) is 9.98 Å². The van der Waals surface area contributed by atoms with E-state index in [9.17, 15) is 9.59 Å². The van der Waals surface area contributed by atoms with E-state index < -0.39 is 0 Å². The summed E-state index contributed by atoms with van der Waals surface area (Å²) in [6.45, 7) is 0.950. The third-order valence-corrected chi connectivity index (χ3v) is 7.49. The van der Waals surface area contributed by atoms with Crippen LogP contribution >= 0.6 is 0 Å². The number of para-hydroxylation sites is 2. The highest BCUT2D eigenvalue weighted by molar-refractivity contribution is 6.55. The topological polar surface area (TPSA) is 65.3 Å². The van der Waals surface area contributed by atoms with Crippen LogP contribution in [0.2, 0.25) is 0 Å². The normalized spacial score (nSPS) is 15.9. The maximum atomic E-state index is 13.5. The zero-order valence-corrected chi connectivity index (χ0v) is 22.7. The molecule has 0 fully saturated rings. The van der Waals surface area contributed by atoms with Gasteiger partial charge in [0.2, 0.25) is 0 Å². The van der Waals surface area contributed by atoms with Gasteiger partial charge in [-0.25, -0.2) is 9.98 Å². The summed E-state index contributed by atoms with van der Waals surface area (Å²) >= 11 is 0. The molecule has 2 heterocycles. The molecule has 5 aromatic rings. The molecule has 0 atom stereocenters. The summed E-state index contributed by atoms with van der Waals surface area (Å²) in [7, 11) is 0. The fourth-order valence-corrected chi connectivity index (χ4v) is 5.45. The molecule has 0 bridgehead atoms. The van der Waals surface area contributed by atoms with Crippen LogP contribution in [0, 0.1) is 0 Å². The van der Waals surface area contributed by atoms with Crippen molar-refractivity contribution in [2.45, 2.75) is 13.1 Å². The van der Waals surface area contributed by atoms with Crippen molar-refractivity contribution in [3.05, 3.63) is 156 Å². The van der Waals surface area contributed by atoms with Crippen LogP contribution in [0.25, 0.3) is 0 Å². The molecule has 42 heavy (non-hydrogen) atoms. The summed E-state index contributed by atoms with van der Waals surface area (Å²) in [4.78, 5) is 40.1. The molecule has 0 spiro atoms. The Morgan fingerprint density at radius 3 is 1.19 bits per heavy atom. The van der Waals surface area contributed by atoms with Crippen molar-refractivity contribution in [2.24, 2.45) is 9.98 Å². The van der Waals surface area contributed by atoms with E-state index in [2.05, 4.69) is 0 Å². The Morgan fingerprint density at radius 1 is 0.429 bits per heavy atom. The van der Waals surface area contributed by atoms with E-state index in [1.165, 1.54) is 0 Å². The summed E-state index contributed by atoms with van der Waals surface area (Å²) in [5, 5.41) is 0. The van der Waals surface area contributed by atoms with Crippen LogP contribution in [0.1, 0.15) is 22.3 Å². The van der Waals surface area contributed by atoms with Gasteiger partial charge in [-0.3, -0.25) is 9.59 Å². The molecule has 0 aliphatic carbocycles. The first-order chi connectivity index (χ1) is 20.7. The summed E-state index contributed by atoms with van der Waals surface area (Å²) in [6.07, 6.45) is 0. The van der Waals surface area contributed by atoms with E-state index in [1.54, 1.807) is 9.80 Å². The minimum Gasteiger partial charge on any atom is -0.302 e. The van der Waals surface area contributed by atoms with Gasteiger partial charge >= 0.3 is 0 Å². The van der Waals surface area contributed by atoms with Gasteiger partial charge in [0.1, 0.15) is 11.4 Å². The largest absolute Gasteiger partial charge is 0.302 e. The number of nitrogens with zero attached hydrogens (tertiary/aromatic N) is 4. The molecule has 2 aliphatic rings. The number of hydrogen-bond acceptors (Lipinski definition) is 4. The maximum absolute atomic E-state index is 13.5. The summed E-state index contributed by atoms with van der Waals surface area (Å²) < 4.78 is 0. The van der Waals surface area contributed by atoms with Crippen LogP contribution in [0.3, 0.4) is 0 Å². The lowest BCUT2D eigenvalue weighted by Gasteiger charge is -2.16. The standard InChI is InChI=1S/C36H26N4O2/c41-35-33(29-15-7-9-17-31(29)39(35)23-25-11-3-1-4-12-25)37-27-19-21-28(22-20-27)38-34-30-16-8-10-18-32(30)40(36(34)42)24-26-13-5-2-6-14-26/h1-22H,23-24H2. The number of carbonyl (C=O) groups is 2. The average Bonchev–Trinajstić information content (AvgIpc) is 3.45. The molecular weight excluding hydrogens is 520 g/mol. The smallest absolute Gasteiger partial charge is 0.277 e. The number of fused-ring (bicyclic) bond motifs is 2. The molecule has 0 radical (unpaired) electrons. The first-order valence-corrected chi connectivity index (χ1v) is 13.8. The molecule has 6 nitrogen and oxygen atoms in total. The van der Waals surface area contributed by atoms with Crippen LogP contribution in [0.4, 0.5) is 22.7 Å². The molecule has 2 aliphatic heterocycles. The van der Waals surface area contributed by atoms with E-state index in [-0.39, 0.29) is 11.8 Å². The third-order valence-electron chi connectivity index (χ3n) is 7.49. The van der Waals surface area contributed by atoms with Crippen molar-refractivity contribution >= 4 is 46.0 Å². The van der Waals surface area contributed by atoms with Crippen molar-refractivity contribution in [1.82, 2.24) is 0 Å². The molecule has 5 aromatic carbocycles. The first-order valence-electron chi connectivity index (χ1n) is 13.8. The van der Waals surface area contributed by atoms with E-state index >= 15 is 0 Å². The molecule has 2 amide bonds. The van der Waals surface area contributed by atoms with Crippen molar-refractivity contribution in [3.8, 4) is 0 Å². The fourth-order valence-electron chi connectivity index (χ4n) is 5.45. The van der Waals surface area contributed by atoms with Crippen LogP contribution < -0.4 is 9.80 Å². The Hall–Kier alpha value is -5.62. The van der Waals surface area contributed by atoms with Crippen molar-refractivity contribution in [3.63, 3.8) is 0 Å². The number of amides is 2. The number of benzene rings is 5. The highest BCUT2D eigenvalue weighted by Gasteiger charge is 2.35. The van der Waals surface area contributed by atoms with Crippen LogP contribution in [0.5, 0.6) is 0 Å². The maximum Gasteiger partial charge on any atom is 0.277 e. The lowest BCUT2D eigenvalue weighted by molar-refractivity contribution is -0.113. The zero-order chi connectivity index (χ0) is 28.5. The highest BCUT2D eigenvalue weighted by Crippen LogP contribution is 2.34. The summed E-state index contributed by atoms with van der Waals surface area (Å²) in [5.74, 6) is -0.257. The second kappa shape index (κ2) is 10.7. The lowest BCUT2D eigenvalue weighted by Crippen LogP contribution is -2.29. The summed E-state index contributed by atoms with van der Waals surface area (Å²) in [5.41, 5.74) is 7.55. The Kier molecular flexibility index (Phi) is 6.49. The zero-order valence-electron chi connectivity index (χ0n) is 22.7. The van der Waals surface area contributed by atoms with Crippen molar-refractivity contribution in [2.75, 3.05) is 9.80 Å². The fraction of sp³-hybridized carbons (Fsp3) is 0.0556. The van der Waals surface area contributed by atoms with Gasteiger partial charge in [-0.2, -0.15) is 0 Å². The van der Waals surface area contributed by atoms with Gasteiger partial charge in [-0.1, -0.05) is 97.1 Å². The lowest BCUT2D eigenvalue weighted by atomic mass is 10.1. The monoisotopic (exact) mass is 546 g/mol. The number of carbonyl (C=O) groups excluding carboxylic acids is 2. The third kappa shape index (κ3) is 4.69. The van der Waals surface area contributed by atoms with Gasteiger partial charge in [-0.05, 0) is 47.5 Å². The molecule has 0 aromatic heterocycles. The minimum atomic E-state index is -0.129. The Labute approximate surface area is 243 Å². The number of rotatable bonds is 6. The van der Waals surface area contributed by atoms with Gasteiger partial charge in [0, 0.05) is 11.1 Å². The minimum absolute atomic E-state index is 0.129. The van der Waals surface area contributed by atoms with Gasteiger partial charge in [0.05, 0.1) is 35.8 Å². The predicted octanol–water partition coefficient (Wildman–Crippen LogP) is 7.02. The average molecular weight is 547 g/mol. The Balaban J connectivity index is 1.16. The number of anilines is 2. The molecule has 0 unspecified atom stereocenters. The van der Waals surface area contributed by atoms with Crippen LogP contribution in [0.15, 0.2) is 143 Å². The quantitative estimate of drug-likeness (QED) is 0.230. The Bertz CT molecular complexity index is 1720. The molecule has 6 heteroatoms. The molecule has 7 rings (SSSR count). The second-order valence-corrected chi connectivity index (χ2v) is 10.2. The molecule has 0 N–H and O–H groups in total. The molecule has 202 valence electrons. The highest BCUT2D eigenvalue weighted by atomic mass is 16.2. The van der Waals surface area contributed by atoms with Crippen molar-refractivity contribution in [1.29, 1.82) is 0 Å². The van der Waals surface area contributed by atoms with Crippen molar-refractivity contribution < 1.29 is 9.59 Å². The van der Waals surface area contributed by atoms with E-state index in [0.29, 0.717) is 35.9 Å². The predicted molar refractivity (Wildman–Crippen MR) is 167 cm³/mol. The van der Waals surface area contributed by atoms with E-state index in [0.717, 1.165) is 33.6 Å². The summed E-state index contributed by atoms with van der Waals surface area (Å²) in [6, 6.07) is 42.7. The van der Waals surface area contributed by atoms with Gasteiger partial charge in [-0.15, -0.1) is 0 Å². The second-order valence-electron chi connectivity index (χ2n) is 10.2. The Morgan fingerprint density at radius 2 is 0.786 bits per heavy atom. The molecular formula is C36H26N4O2. The molecule has 0 saturated heterocycles. The molecule has 0 saturated carbocycles. The van der Waals surface area contributed by atoms with Gasteiger partial charge in [0.15, 0.2) is 0 Å². The van der Waals surface area contributed by atoms with Crippen LogP contribution in [-0.2, 0) is 22.7 Å². The number of aliphatic imine (C=N–C) groups is 2. The first kappa shape index (κ1) is 25.4. The van der Waals surface area contributed by atoms with E-state index in [1.807, 2.05) is 133 Å². The van der Waals surface area contributed by atoms with Crippen LogP contribution in [-0.4, -0.2) is 23.2 Å². The SMILES string of the molecule is O=C1C(=Nc2ccc(N=C3C(=O)N(Cc4ccccc4)c4ccccc43)cc2)c2ccccc2N1Cc1ccccc1. The van der Waals surface area contributed by atoms with Gasteiger partial charge in [0.25, 0.3) is 11.8 Å². The number of hydrogen-bond donors (Lipinski definition) is 0.